The van der Waals surface area contributed by atoms with Crippen LogP contribution in [0.5, 0.6) is 0 Å². The van der Waals surface area contributed by atoms with Crippen molar-refractivity contribution in [3.63, 3.8) is 0 Å². The third kappa shape index (κ3) is 10.4. The molecule has 0 amide bonds. The van der Waals surface area contributed by atoms with Crippen LogP contribution in [0.25, 0.3) is 0 Å². The van der Waals surface area contributed by atoms with Crippen LogP contribution in [0.2, 0.25) is 0 Å². The highest BCUT2D eigenvalue weighted by Gasteiger charge is 2.50. The average molecular weight is 461 g/mol. The third-order valence-corrected chi connectivity index (χ3v) is 6.04. The van der Waals surface area contributed by atoms with Crippen molar-refractivity contribution in [2.75, 3.05) is 33.0 Å². The Bertz CT molecular complexity index is 433. The highest BCUT2D eigenvalue weighted by atomic mass is 16.6. The summed E-state index contributed by atoms with van der Waals surface area (Å²) in [5.74, 6) is 0.0489. The molecule has 1 heterocycles. The van der Waals surface area contributed by atoms with Gasteiger partial charge in [-0.2, -0.15) is 0 Å². The Morgan fingerprint density at radius 1 is 0.688 bits per heavy atom. The Balaban J connectivity index is 3.14. The van der Waals surface area contributed by atoms with Gasteiger partial charge in [0.2, 0.25) is 0 Å². The molecule has 192 valence electrons. The van der Waals surface area contributed by atoms with Crippen LogP contribution in [0.3, 0.4) is 0 Å². The van der Waals surface area contributed by atoms with E-state index in [-0.39, 0.29) is 30.3 Å². The van der Waals surface area contributed by atoms with Crippen LogP contribution in [0.4, 0.5) is 0 Å². The first-order chi connectivity index (χ1) is 15.5. The smallest absolute Gasteiger partial charge is 0.115 e. The van der Waals surface area contributed by atoms with Gasteiger partial charge in [0.1, 0.15) is 30.5 Å². The maximum Gasteiger partial charge on any atom is 0.115 e. The molecule has 1 aliphatic rings. The van der Waals surface area contributed by atoms with Gasteiger partial charge in [-0.25, -0.2) is 0 Å². The average Bonchev–Trinajstić information content (AvgIpc) is 2.78. The van der Waals surface area contributed by atoms with E-state index in [2.05, 4.69) is 27.7 Å². The number of hydrogen-bond acceptors (Lipinski definition) is 6. The molecule has 0 saturated carbocycles. The lowest BCUT2D eigenvalue weighted by molar-refractivity contribution is -0.283. The first-order valence-electron chi connectivity index (χ1n) is 13.3. The number of aliphatic hydroxyl groups is 1. The van der Waals surface area contributed by atoms with Gasteiger partial charge in [0.25, 0.3) is 0 Å². The fourth-order valence-electron chi connectivity index (χ4n) is 3.85. The summed E-state index contributed by atoms with van der Waals surface area (Å²) in [6.07, 6.45) is 5.89. The first-order valence-corrected chi connectivity index (χ1v) is 13.3. The molecule has 1 saturated heterocycles. The molecule has 6 heteroatoms. The second kappa shape index (κ2) is 18.1. The quantitative estimate of drug-likeness (QED) is 0.269. The normalized spacial score (nSPS) is 27.2. The fraction of sp³-hybridized carbons (Fsp3) is 1.00. The van der Waals surface area contributed by atoms with Crippen LogP contribution in [0.1, 0.15) is 92.9 Å². The summed E-state index contributed by atoms with van der Waals surface area (Å²) < 4.78 is 31.6. The van der Waals surface area contributed by atoms with Crippen LogP contribution < -0.4 is 0 Å². The number of rotatable bonds is 19. The second-order valence-corrected chi connectivity index (χ2v) is 9.37. The van der Waals surface area contributed by atoms with Gasteiger partial charge in [-0.05, 0) is 31.6 Å². The monoisotopic (exact) mass is 460 g/mol. The third-order valence-electron chi connectivity index (χ3n) is 6.04. The zero-order chi connectivity index (χ0) is 23.8. The molecule has 0 aromatic carbocycles. The molecule has 1 unspecified atom stereocenters. The molecule has 0 aromatic rings. The molecule has 1 fully saturated rings. The first kappa shape index (κ1) is 29.8. The van der Waals surface area contributed by atoms with Crippen molar-refractivity contribution >= 4 is 0 Å². The van der Waals surface area contributed by atoms with E-state index in [0.717, 1.165) is 51.4 Å². The molecule has 1 aliphatic heterocycles. The Morgan fingerprint density at radius 2 is 1.16 bits per heavy atom. The second-order valence-electron chi connectivity index (χ2n) is 9.37. The van der Waals surface area contributed by atoms with Gasteiger partial charge < -0.3 is 28.8 Å². The van der Waals surface area contributed by atoms with Crippen molar-refractivity contribution in [2.24, 2.45) is 5.92 Å². The van der Waals surface area contributed by atoms with Crippen molar-refractivity contribution < 1.29 is 28.8 Å². The van der Waals surface area contributed by atoms with Gasteiger partial charge in [-0.15, -0.1) is 0 Å². The summed E-state index contributed by atoms with van der Waals surface area (Å²) in [5, 5.41) is 11.1. The summed E-state index contributed by atoms with van der Waals surface area (Å²) in [4.78, 5) is 0. The van der Waals surface area contributed by atoms with Crippen LogP contribution >= 0.6 is 0 Å². The molecular weight excluding hydrogens is 408 g/mol. The Labute approximate surface area is 197 Å². The molecule has 0 aliphatic carbocycles. The number of unbranched alkanes of at least 4 members (excludes halogenated alkanes) is 4. The SMILES string of the molecule is CCCCOC[C@H]1O[C@@H](C(O)C(C)C)[C@H](OCCCC)[C@@H](OCCCC)[C@H]1OCCCC. The zero-order valence-corrected chi connectivity index (χ0v) is 21.7. The minimum atomic E-state index is -0.645. The van der Waals surface area contributed by atoms with Crippen molar-refractivity contribution in [2.45, 2.75) is 130 Å². The molecule has 1 rings (SSSR count). The fourth-order valence-corrected chi connectivity index (χ4v) is 3.85. The standard InChI is InChI=1S/C26H52O6/c1-7-11-15-28-19-21-23(29-16-12-8-2)25(30-17-13-9-3)26(31-18-14-10-4)24(32-21)22(27)20(5)6/h20-27H,7-19H2,1-6H3/t21-,22?,23+,24+,25+,26+/m1/s1. The van der Waals surface area contributed by atoms with Crippen LogP contribution in [-0.4, -0.2) is 74.8 Å². The van der Waals surface area contributed by atoms with Gasteiger partial charge in [0, 0.05) is 26.4 Å². The van der Waals surface area contributed by atoms with E-state index < -0.39 is 12.2 Å². The predicted molar refractivity (Wildman–Crippen MR) is 129 cm³/mol. The highest BCUT2D eigenvalue weighted by Crippen LogP contribution is 2.32. The number of ether oxygens (including phenoxy) is 5. The lowest BCUT2D eigenvalue weighted by Gasteiger charge is -2.48. The summed E-state index contributed by atoms with van der Waals surface area (Å²) in [5.41, 5.74) is 0. The molecule has 1 N–H and O–H groups in total. The molecule has 32 heavy (non-hydrogen) atoms. The summed E-state index contributed by atoms with van der Waals surface area (Å²) in [6, 6.07) is 0. The Hall–Kier alpha value is -0.240. The molecule has 6 nitrogen and oxygen atoms in total. The minimum Gasteiger partial charge on any atom is -0.390 e. The zero-order valence-electron chi connectivity index (χ0n) is 21.7. The molecule has 0 radical (unpaired) electrons. The van der Waals surface area contributed by atoms with Gasteiger partial charge in [-0.3, -0.25) is 0 Å². The van der Waals surface area contributed by atoms with Gasteiger partial charge in [0.15, 0.2) is 0 Å². The molecule has 6 atom stereocenters. The maximum absolute atomic E-state index is 11.1. The summed E-state index contributed by atoms with van der Waals surface area (Å²) >= 11 is 0. The number of aliphatic hydroxyl groups excluding tert-OH is 1. The van der Waals surface area contributed by atoms with Crippen LogP contribution in [0, 0.1) is 5.92 Å². The van der Waals surface area contributed by atoms with Crippen LogP contribution in [-0.2, 0) is 23.7 Å². The molecule has 0 spiro atoms. The lowest BCUT2D eigenvalue weighted by atomic mass is 9.88. The Kier molecular flexibility index (Phi) is 16.9. The van der Waals surface area contributed by atoms with E-state index in [1.54, 1.807) is 0 Å². The molecule has 0 aromatic heterocycles. The van der Waals surface area contributed by atoms with E-state index in [0.29, 0.717) is 33.0 Å². The molecular formula is C26H52O6. The van der Waals surface area contributed by atoms with Crippen molar-refractivity contribution in [1.29, 1.82) is 0 Å². The van der Waals surface area contributed by atoms with E-state index >= 15 is 0 Å². The highest BCUT2D eigenvalue weighted by molar-refractivity contribution is 4.98. The van der Waals surface area contributed by atoms with Gasteiger partial charge in [-0.1, -0.05) is 67.2 Å². The van der Waals surface area contributed by atoms with Crippen LogP contribution in [0.15, 0.2) is 0 Å². The van der Waals surface area contributed by atoms with Crippen molar-refractivity contribution in [3.8, 4) is 0 Å². The lowest BCUT2D eigenvalue weighted by Crippen LogP contribution is -2.64. The van der Waals surface area contributed by atoms with Crippen molar-refractivity contribution in [1.82, 2.24) is 0 Å². The van der Waals surface area contributed by atoms with E-state index in [1.165, 1.54) is 0 Å². The predicted octanol–water partition coefficient (Wildman–Crippen LogP) is 5.14. The van der Waals surface area contributed by atoms with Gasteiger partial charge >= 0.3 is 0 Å². The maximum atomic E-state index is 11.1. The minimum absolute atomic E-state index is 0.0489. The van der Waals surface area contributed by atoms with Crippen molar-refractivity contribution in [3.05, 3.63) is 0 Å². The van der Waals surface area contributed by atoms with E-state index in [9.17, 15) is 5.11 Å². The van der Waals surface area contributed by atoms with E-state index in [4.69, 9.17) is 23.7 Å². The summed E-state index contributed by atoms with van der Waals surface area (Å²) in [6.45, 7) is 15.7. The largest absolute Gasteiger partial charge is 0.390 e. The van der Waals surface area contributed by atoms with E-state index in [1.807, 2.05) is 13.8 Å². The van der Waals surface area contributed by atoms with Gasteiger partial charge in [0.05, 0.1) is 12.7 Å². The topological polar surface area (TPSA) is 66.4 Å². The number of hydrogen-bond donors (Lipinski definition) is 1. The summed E-state index contributed by atoms with van der Waals surface area (Å²) in [7, 11) is 0. The Morgan fingerprint density at radius 3 is 1.66 bits per heavy atom. The molecule has 0 bridgehead atoms.